The second kappa shape index (κ2) is 16.6. The lowest BCUT2D eigenvalue weighted by molar-refractivity contribution is -0.143. The van der Waals surface area contributed by atoms with Gasteiger partial charge < -0.3 is 31.9 Å². The fraction of sp³-hybridized carbons (Fsp3) is 0.750. The minimum atomic E-state index is -1.51. The molecule has 4 atom stereocenters. The first kappa shape index (κ1) is 31.0. The molecule has 0 aromatic carbocycles. The molecular weight excluding hydrogens is 472 g/mol. The van der Waals surface area contributed by atoms with Crippen molar-refractivity contribution in [3.05, 3.63) is 0 Å². The number of carboxylic acid groups (broad SMARTS) is 2. The van der Waals surface area contributed by atoms with Gasteiger partial charge in [0.05, 0.1) is 12.5 Å². The van der Waals surface area contributed by atoms with Crippen LogP contribution in [0.1, 0.15) is 39.5 Å². The highest BCUT2D eigenvalue weighted by Crippen LogP contribution is 2.08. The zero-order valence-corrected chi connectivity index (χ0v) is 21.1. The Morgan fingerprint density at radius 1 is 0.788 bits per heavy atom. The normalized spacial score (nSPS) is 14.6. The Hall–Kier alpha value is -1.99. The number of aliphatic carboxylic acids is 2. The maximum Gasteiger partial charge on any atom is 0.326 e. The van der Waals surface area contributed by atoms with Crippen LogP contribution < -0.4 is 21.7 Å². The van der Waals surface area contributed by atoms with Crippen molar-refractivity contribution >= 4 is 53.2 Å². The Kier molecular flexibility index (Phi) is 15.6. The van der Waals surface area contributed by atoms with Gasteiger partial charge in [0.25, 0.3) is 0 Å². The first-order valence-corrected chi connectivity index (χ1v) is 13.3. The standard InChI is InChI=1S/C20H36N4O7S2/c1-11(2)9-14(23-17(27)12(21)5-7-32-3)18(28)24-15(10-16(25)26)19(29)22-13(20(30)31)6-8-33-4/h11-15H,5-10,21H2,1-4H3,(H,22,29)(H,23,27)(H,24,28)(H,25,26)(H,30,31). The number of hydrogen-bond acceptors (Lipinski definition) is 8. The minimum Gasteiger partial charge on any atom is -0.481 e. The lowest BCUT2D eigenvalue weighted by Gasteiger charge is -2.25. The first-order chi connectivity index (χ1) is 15.4. The Morgan fingerprint density at radius 3 is 1.76 bits per heavy atom. The summed E-state index contributed by atoms with van der Waals surface area (Å²) in [6, 6.07) is -4.58. The topological polar surface area (TPSA) is 188 Å². The van der Waals surface area contributed by atoms with E-state index in [4.69, 9.17) is 5.73 Å². The van der Waals surface area contributed by atoms with Gasteiger partial charge in [0.15, 0.2) is 0 Å². The Balaban J connectivity index is 5.43. The summed E-state index contributed by atoms with van der Waals surface area (Å²) in [6.45, 7) is 3.68. The summed E-state index contributed by atoms with van der Waals surface area (Å²) in [4.78, 5) is 60.6. The third-order valence-electron chi connectivity index (χ3n) is 4.55. The molecule has 0 rings (SSSR count). The molecule has 0 aliphatic rings. The predicted molar refractivity (Wildman–Crippen MR) is 129 cm³/mol. The third-order valence-corrected chi connectivity index (χ3v) is 5.83. The molecule has 0 bridgehead atoms. The van der Waals surface area contributed by atoms with Gasteiger partial charge in [-0.3, -0.25) is 19.2 Å². The van der Waals surface area contributed by atoms with Gasteiger partial charge in [-0.25, -0.2) is 4.79 Å². The van der Waals surface area contributed by atoms with Gasteiger partial charge in [0.2, 0.25) is 17.7 Å². The summed E-state index contributed by atoms with van der Waals surface area (Å²) in [7, 11) is 0. The number of nitrogens with two attached hydrogens (primary N) is 1. The number of rotatable bonds is 17. The molecule has 11 nitrogen and oxygen atoms in total. The van der Waals surface area contributed by atoms with Crippen molar-refractivity contribution in [3.8, 4) is 0 Å². The maximum atomic E-state index is 12.9. The highest BCUT2D eigenvalue weighted by Gasteiger charge is 2.31. The van der Waals surface area contributed by atoms with Crippen molar-refractivity contribution < 1.29 is 34.2 Å². The molecule has 13 heteroatoms. The van der Waals surface area contributed by atoms with Crippen molar-refractivity contribution in [3.63, 3.8) is 0 Å². The van der Waals surface area contributed by atoms with E-state index in [1.165, 1.54) is 23.5 Å². The number of nitrogens with one attached hydrogen (secondary N) is 3. The van der Waals surface area contributed by atoms with Gasteiger partial charge in [-0.15, -0.1) is 0 Å². The van der Waals surface area contributed by atoms with Crippen LogP contribution in [-0.2, 0) is 24.0 Å². The monoisotopic (exact) mass is 508 g/mol. The summed E-state index contributed by atoms with van der Waals surface area (Å²) in [6.07, 6.45) is 3.70. The van der Waals surface area contributed by atoms with Gasteiger partial charge in [0, 0.05) is 0 Å². The molecule has 0 aromatic rings. The zero-order valence-electron chi connectivity index (χ0n) is 19.5. The van der Waals surface area contributed by atoms with Gasteiger partial charge >= 0.3 is 11.9 Å². The Bertz CT molecular complexity index is 679. The largest absolute Gasteiger partial charge is 0.481 e. The van der Waals surface area contributed by atoms with E-state index in [2.05, 4.69) is 16.0 Å². The molecule has 0 aliphatic heterocycles. The van der Waals surface area contributed by atoms with Crippen LogP contribution >= 0.6 is 23.5 Å². The van der Waals surface area contributed by atoms with Crippen LogP contribution in [0.4, 0.5) is 0 Å². The summed E-state index contributed by atoms with van der Waals surface area (Å²) in [5.74, 6) is -3.68. The molecule has 0 radical (unpaired) electrons. The van der Waals surface area contributed by atoms with E-state index in [-0.39, 0.29) is 18.8 Å². The summed E-state index contributed by atoms with van der Waals surface area (Å²) in [5, 5.41) is 25.7. The summed E-state index contributed by atoms with van der Waals surface area (Å²) < 4.78 is 0. The second-order valence-electron chi connectivity index (χ2n) is 7.92. The number of carboxylic acids is 2. The molecule has 4 unspecified atom stereocenters. The number of carbonyl (C=O) groups excluding carboxylic acids is 3. The van der Waals surface area contributed by atoms with Crippen molar-refractivity contribution in [1.29, 1.82) is 0 Å². The van der Waals surface area contributed by atoms with Crippen molar-refractivity contribution in [2.75, 3.05) is 24.0 Å². The third kappa shape index (κ3) is 13.3. The number of amides is 3. The quantitative estimate of drug-likeness (QED) is 0.154. The molecule has 0 saturated heterocycles. The maximum absolute atomic E-state index is 12.9. The molecule has 7 N–H and O–H groups in total. The molecule has 0 saturated carbocycles. The van der Waals surface area contributed by atoms with Gasteiger partial charge in [-0.1, -0.05) is 13.8 Å². The minimum absolute atomic E-state index is 0.00171. The predicted octanol–water partition coefficient (Wildman–Crippen LogP) is -0.120. The van der Waals surface area contributed by atoms with Gasteiger partial charge in [-0.2, -0.15) is 23.5 Å². The van der Waals surface area contributed by atoms with E-state index in [0.29, 0.717) is 17.9 Å². The van der Waals surface area contributed by atoms with E-state index in [1.54, 1.807) is 6.26 Å². The average Bonchev–Trinajstić information content (AvgIpc) is 2.72. The molecule has 33 heavy (non-hydrogen) atoms. The SMILES string of the molecule is CSCCC(N)C(=O)NC(CC(C)C)C(=O)NC(CC(=O)O)C(=O)NC(CCSC)C(=O)O. The molecule has 0 spiro atoms. The molecule has 0 aromatic heterocycles. The number of hydrogen-bond donors (Lipinski definition) is 6. The van der Waals surface area contributed by atoms with E-state index in [9.17, 15) is 34.2 Å². The van der Waals surface area contributed by atoms with Gasteiger partial charge in [-0.05, 0) is 49.2 Å². The number of thioether (sulfide) groups is 2. The fourth-order valence-corrected chi connectivity index (χ4v) is 3.74. The van der Waals surface area contributed by atoms with E-state index in [0.717, 1.165) is 0 Å². The zero-order chi connectivity index (χ0) is 25.6. The molecule has 0 aliphatic carbocycles. The summed E-state index contributed by atoms with van der Waals surface area (Å²) in [5.41, 5.74) is 5.86. The van der Waals surface area contributed by atoms with Crippen molar-refractivity contribution in [1.82, 2.24) is 16.0 Å². The van der Waals surface area contributed by atoms with E-state index in [1.807, 2.05) is 20.1 Å². The average molecular weight is 509 g/mol. The van der Waals surface area contributed by atoms with Crippen LogP contribution in [0.3, 0.4) is 0 Å². The highest BCUT2D eigenvalue weighted by molar-refractivity contribution is 7.98. The van der Waals surface area contributed by atoms with Crippen LogP contribution in [0.2, 0.25) is 0 Å². The Morgan fingerprint density at radius 2 is 1.27 bits per heavy atom. The molecule has 0 fully saturated rings. The van der Waals surface area contributed by atoms with Crippen LogP contribution in [0.15, 0.2) is 0 Å². The molecule has 0 heterocycles. The number of carbonyl (C=O) groups is 5. The van der Waals surface area contributed by atoms with Crippen LogP contribution in [0, 0.1) is 5.92 Å². The van der Waals surface area contributed by atoms with E-state index < -0.39 is 60.2 Å². The Labute approximate surface area is 202 Å². The fourth-order valence-electron chi connectivity index (χ4n) is 2.78. The second-order valence-corrected chi connectivity index (χ2v) is 9.89. The van der Waals surface area contributed by atoms with Crippen molar-refractivity contribution in [2.45, 2.75) is 63.7 Å². The lowest BCUT2D eigenvalue weighted by Crippen LogP contribution is -2.57. The highest BCUT2D eigenvalue weighted by atomic mass is 32.2. The van der Waals surface area contributed by atoms with Gasteiger partial charge in [0.1, 0.15) is 18.1 Å². The summed E-state index contributed by atoms with van der Waals surface area (Å²) >= 11 is 2.93. The molecular formula is C20H36N4O7S2. The smallest absolute Gasteiger partial charge is 0.326 e. The van der Waals surface area contributed by atoms with E-state index >= 15 is 0 Å². The van der Waals surface area contributed by atoms with Crippen LogP contribution in [0.25, 0.3) is 0 Å². The van der Waals surface area contributed by atoms with Crippen molar-refractivity contribution in [2.24, 2.45) is 11.7 Å². The lowest BCUT2D eigenvalue weighted by atomic mass is 10.0. The van der Waals surface area contributed by atoms with Crippen LogP contribution in [0.5, 0.6) is 0 Å². The molecule has 190 valence electrons. The van der Waals surface area contributed by atoms with Crippen LogP contribution in [-0.4, -0.2) is 88.1 Å². The molecule has 3 amide bonds. The first-order valence-electron chi connectivity index (χ1n) is 10.5.